The maximum atomic E-state index is 6.08. The molecule has 0 atom stereocenters. The van der Waals surface area contributed by atoms with E-state index in [1.54, 1.807) is 24.4 Å². The van der Waals surface area contributed by atoms with Crippen LogP contribution >= 0.6 is 23.2 Å². The summed E-state index contributed by atoms with van der Waals surface area (Å²) in [4.78, 5) is 8.50. The minimum Gasteiger partial charge on any atom is -0.370 e. The first-order valence-electron chi connectivity index (χ1n) is 5.98. The van der Waals surface area contributed by atoms with E-state index in [1.165, 1.54) is 0 Å². The predicted molar refractivity (Wildman–Crippen MR) is 80.6 cm³/mol. The van der Waals surface area contributed by atoms with E-state index in [9.17, 15) is 0 Å². The van der Waals surface area contributed by atoms with Crippen molar-refractivity contribution in [1.29, 1.82) is 0 Å². The van der Waals surface area contributed by atoms with Crippen LogP contribution in [0.3, 0.4) is 0 Å². The molecule has 0 saturated heterocycles. The van der Waals surface area contributed by atoms with Crippen molar-refractivity contribution in [3.05, 3.63) is 40.5 Å². The molecule has 19 heavy (non-hydrogen) atoms. The lowest BCUT2D eigenvalue weighted by Gasteiger charge is -2.09. The van der Waals surface area contributed by atoms with Gasteiger partial charge in [-0.3, -0.25) is 0 Å². The highest BCUT2D eigenvalue weighted by atomic mass is 35.5. The molecule has 100 valence electrons. The molecule has 0 amide bonds. The Kier molecular flexibility index (Phi) is 4.82. The van der Waals surface area contributed by atoms with Crippen LogP contribution in [0.1, 0.15) is 13.3 Å². The molecule has 4 nitrogen and oxygen atoms in total. The number of halogens is 2. The molecule has 1 aromatic heterocycles. The second-order valence-corrected chi connectivity index (χ2v) is 4.79. The second kappa shape index (κ2) is 6.59. The summed E-state index contributed by atoms with van der Waals surface area (Å²) in [6.45, 7) is 2.97. The summed E-state index contributed by atoms with van der Waals surface area (Å²) in [6.07, 6.45) is 2.73. The van der Waals surface area contributed by atoms with Gasteiger partial charge in [0.05, 0.1) is 10.7 Å². The molecule has 2 N–H and O–H groups in total. The number of anilines is 3. The largest absolute Gasteiger partial charge is 0.370 e. The van der Waals surface area contributed by atoms with E-state index in [-0.39, 0.29) is 0 Å². The summed E-state index contributed by atoms with van der Waals surface area (Å²) in [6, 6.07) is 7.05. The van der Waals surface area contributed by atoms with Crippen molar-refractivity contribution < 1.29 is 0 Å². The summed E-state index contributed by atoms with van der Waals surface area (Å²) in [7, 11) is 0. The van der Waals surface area contributed by atoms with E-state index in [2.05, 4.69) is 27.5 Å². The van der Waals surface area contributed by atoms with Crippen LogP contribution in [0.2, 0.25) is 10.0 Å². The Labute approximate surface area is 122 Å². The highest BCUT2D eigenvalue weighted by Gasteiger charge is 2.04. The SMILES string of the molecule is CCCNc1ccnc(Nc2ccc(Cl)cc2Cl)n1. The third-order valence-corrected chi connectivity index (χ3v) is 2.94. The van der Waals surface area contributed by atoms with Crippen molar-refractivity contribution in [2.24, 2.45) is 0 Å². The lowest BCUT2D eigenvalue weighted by atomic mass is 10.3. The van der Waals surface area contributed by atoms with Crippen molar-refractivity contribution in [1.82, 2.24) is 9.97 Å². The fourth-order valence-electron chi connectivity index (χ4n) is 1.48. The molecule has 1 heterocycles. The fourth-order valence-corrected chi connectivity index (χ4v) is 1.94. The van der Waals surface area contributed by atoms with Crippen LogP contribution in [-0.2, 0) is 0 Å². The Morgan fingerprint density at radius 1 is 1.21 bits per heavy atom. The van der Waals surface area contributed by atoms with Gasteiger partial charge < -0.3 is 10.6 Å². The number of aromatic nitrogens is 2. The van der Waals surface area contributed by atoms with Crippen LogP contribution in [-0.4, -0.2) is 16.5 Å². The first-order chi connectivity index (χ1) is 9.19. The average Bonchev–Trinajstić information content (AvgIpc) is 2.40. The van der Waals surface area contributed by atoms with E-state index in [0.717, 1.165) is 24.5 Å². The number of hydrogen-bond donors (Lipinski definition) is 2. The van der Waals surface area contributed by atoms with Gasteiger partial charge in [0.15, 0.2) is 0 Å². The predicted octanol–water partition coefficient (Wildman–Crippen LogP) is 4.35. The quantitative estimate of drug-likeness (QED) is 0.861. The molecular formula is C13H14Cl2N4. The summed E-state index contributed by atoms with van der Waals surface area (Å²) in [5, 5.41) is 7.39. The number of hydrogen-bond acceptors (Lipinski definition) is 4. The molecule has 2 aromatic rings. The van der Waals surface area contributed by atoms with Crippen molar-refractivity contribution in [2.45, 2.75) is 13.3 Å². The van der Waals surface area contributed by atoms with Crippen LogP contribution in [0.25, 0.3) is 0 Å². The molecule has 0 radical (unpaired) electrons. The molecule has 0 aliphatic rings. The van der Waals surface area contributed by atoms with E-state index in [4.69, 9.17) is 23.2 Å². The topological polar surface area (TPSA) is 49.8 Å². The maximum Gasteiger partial charge on any atom is 0.229 e. The lowest BCUT2D eigenvalue weighted by molar-refractivity contribution is 0.966. The van der Waals surface area contributed by atoms with Gasteiger partial charge in [-0.15, -0.1) is 0 Å². The van der Waals surface area contributed by atoms with Gasteiger partial charge in [0, 0.05) is 17.8 Å². The van der Waals surface area contributed by atoms with Crippen molar-refractivity contribution in [3.8, 4) is 0 Å². The molecule has 0 saturated carbocycles. The van der Waals surface area contributed by atoms with Crippen LogP contribution in [0.4, 0.5) is 17.5 Å². The maximum absolute atomic E-state index is 6.08. The van der Waals surface area contributed by atoms with E-state index in [1.807, 2.05) is 6.07 Å². The van der Waals surface area contributed by atoms with Gasteiger partial charge in [0.1, 0.15) is 5.82 Å². The fraction of sp³-hybridized carbons (Fsp3) is 0.231. The number of nitrogens with one attached hydrogen (secondary N) is 2. The van der Waals surface area contributed by atoms with Gasteiger partial charge in [0.25, 0.3) is 0 Å². The van der Waals surface area contributed by atoms with E-state index < -0.39 is 0 Å². The first-order valence-corrected chi connectivity index (χ1v) is 6.73. The Morgan fingerprint density at radius 3 is 2.79 bits per heavy atom. The number of nitrogens with zero attached hydrogens (tertiary/aromatic N) is 2. The van der Waals surface area contributed by atoms with Crippen LogP contribution < -0.4 is 10.6 Å². The Hall–Kier alpha value is -1.52. The molecule has 1 aromatic carbocycles. The molecule has 0 fully saturated rings. The molecular weight excluding hydrogens is 283 g/mol. The minimum atomic E-state index is 0.491. The Morgan fingerprint density at radius 2 is 2.05 bits per heavy atom. The molecule has 0 spiro atoms. The molecule has 2 rings (SSSR count). The van der Waals surface area contributed by atoms with Crippen molar-refractivity contribution in [2.75, 3.05) is 17.2 Å². The smallest absolute Gasteiger partial charge is 0.229 e. The van der Waals surface area contributed by atoms with Gasteiger partial charge in [-0.1, -0.05) is 30.1 Å². The Balaban J connectivity index is 2.14. The van der Waals surface area contributed by atoms with Gasteiger partial charge >= 0.3 is 0 Å². The zero-order valence-corrected chi connectivity index (χ0v) is 12.0. The third kappa shape index (κ3) is 3.98. The summed E-state index contributed by atoms with van der Waals surface area (Å²) < 4.78 is 0. The number of rotatable bonds is 5. The molecule has 0 aliphatic heterocycles. The highest BCUT2D eigenvalue weighted by molar-refractivity contribution is 6.36. The summed E-state index contributed by atoms with van der Waals surface area (Å²) in [5.41, 5.74) is 0.721. The van der Waals surface area contributed by atoms with Gasteiger partial charge in [-0.25, -0.2) is 4.98 Å². The Bertz CT molecular complexity index is 560. The minimum absolute atomic E-state index is 0.491. The van der Waals surface area contributed by atoms with E-state index in [0.29, 0.717) is 16.0 Å². The van der Waals surface area contributed by atoms with Gasteiger partial charge in [0.2, 0.25) is 5.95 Å². The standard InChI is InChI=1S/C13H14Cl2N4/c1-2-6-16-12-5-7-17-13(19-12)18-11-4-3-9(14)8-10(11)15/h3-5,7-8H,2,6H2,1H3,(H2,16,17,18,19). The zero-order valence-electron chi connectivity index (χ0n) is 10.5. The average molecular weight is 297 g/mol. The highest BCUT2D eigenvalue weighted by Crippen LogP contribution is 2.27. The second-order valence-electron chi connectivity index (χ2n) is 3.94. The lowest BCUT2D eigenvalue weighted by Crippen LogP contribution is -2.04. The van der Waals surface area contributed by atoms with Crippen LogP contribution in [0.15, 0.2) is 30.5 Å². The monoisotopic (exact) mass is 296 g/mol. The molecule has 0 bridgehead atoms. The van der Waals surface area contributed by atoms with Crippen LogP contribution in [0, 0.1) is 0 Å². The van der Waals surface area contributed by atoms with Crippen molar-refractivity contribution in [3.63, 3.8) is 0 Å². The molecule has 0 unspecified atom stereocenters. The van der Waals surface area contributed by atoms with Gasteiger partial charge in [-0.05, 0) is 30.7 Å². The zero-order chi connectivity index (χ0) is 13.7. The van der Waals surface area contributed by atoms with E-state index >= 15 is 0 Å². The summed E-state index contributed by atoms with van der Waals surface area (Å²) in [5.74, 6) is 1.27. The number of benzene rings is 1. The van der Waals surface area contributed by atoms with Crippen molar-refractivity contribution >= 4 is 40.7 Å². The first kappa shape index (κ1) is 13.9. The third-order valence-electron chi connectivity index (χ3n) is 2.39. The van der Waals surface area contributed by atoms with Crippen LogP contribution in [0.5, 0.6) is 0 Å². The summed E-state index contributed by atoms with van der Waals surface area (Å²) >= 11 is 11.9. The molecule has 6 heteroatoms. The van der Waals surface area contributed by atoms with Gasteiger partial charge in [-0.2, -0.15) is 4.98 Å². The normalized spacial score (nSPS) is 10.3. The molecule has 0 aliphatic carbocycles.